The minimum absolute atomic E-state index is 0.441. The van der Waals surface area contributed by atoms with Gasteiger partial charge >= 0.3 is 0 Å². The van der Waals surface area contributed by atoms with Crippen LogP contribution < -0.4 is 5.73 Å². The van der Waals surface area contributed by atoms with Gasteiger partial charge in [0.2, 0.25) is 0 Å². The first kappa shape index (κ1) is 11.2. The molecule has 2 heterocycles. The molecule has 3 rings (SSSR count). The Kier molecular flexibility index (Phi) is 2.67. The van der Waals surface area contributed by atoms with E-state index in [1.807, 2.05) is 5.38 Å². The summed E-state index contributed by atoms with van der Waals surface area (Å²) in [6.07, 6.45) is 2.59. The Morgan fingerprint density at radius 1 is 1.35 bits per heavy atom. The molecule has 0 unspecified atom stereocenters. The highest BCUT2D eigenvalue weighted by atomic mass is 32.1. The summed E-state index contributed by atoms with van der Waals surface area (Å²) >= 11 is 3.30. The quantitative estimate of drug-likeness (QED) is 0.917. The summed E-state index contributed by atoms with van der Waals surface area (Å²) < 4.78 is 0. The standard InChI is InChI=1S/C12H15N3S2/c1-6(2)9-10(8-5-16-12(13)14-8)17-11(15-9)7-3-4-7/h5-7H,3-4H2,1-2H3,(H2,13,14). The van der Waals surface area contributed by atoms with E-state index in [1.165, 1.54) is 39.8 Å². The number of nitrogens with zero attached hydrogens (tertiary/aromatic N) is 2. The fourth-order valence-electron chi connectivity index (χ4n) is 1.82. The summed E-state index contributed by atoms with van der Waals surface area (Å²) in [5.74, 6) is 1.15. The van der Waals surface area contributed by atoms with Crippen LogP contribution >= 0.6 is 22.7 Å². The highest BCUT2D eigenvalue weighted by Crippen LogP contribution is 2.46. The van der Waals surface area contributed by atoms with Gasteiger partial charge in [-0.3, -0.25) is 0 Å². The van der Waals surface area contributed by atoms with Crippen LogP contribution in [-0.2, 0) is 0 Å². The molecule has 1 aliphatic rings. The number of nitrogen functional groups attached to an aromatic ring is 1. The van der Waals surface area contributed by atoms with Gasteiger partial charge in [-0.2, -0.15) is 0 Å². The van der Waals surface area contributed by atoms with Crippen molar-refractivity contribution in [3.63, 3.8) is 0 Å². The average molecular weight is 265 g/mol. The predicted octanol–water partition coefficient (Wildman–Crippen LogP) is 3.85. The smallest absolute Gasteiger partial charge is 0.180 e. The highest BCUT2D eigenvalue weighted by Gasteiger charge is 2.29. The molecular formula is C12H15N3S2. The van der Waals surface area contributed by atoms with Gasteiger partial charge < -0.3 is 5.73 Å². The van der Waals surface area contributed by atoms with Crippen molar-refractivity contribution < 1.29 is 0 Å². The first-order valence-corrected chi connectivity index (χ1v) is 7.56. The Morgan fingerprint density at radius 3 is 2.65 bits per heavy atom. The van der Waals surface area contributed by atoms with E-state index in [0.29, 0.717) is 17.0 Å². The molecule has 1 fully saturated rings. The van der Waals surface area contributed by atoms with Crippen LogP contribution in [0.1, 0.15) is 49.2 Å². The van der Waals surface area contributed by atoms with Gasteiger partial charge in [0, 0.05) is 11.3 Å². The van der Waals surface area contributed by atoms with E-state index in [1.54, 1.807) is 11.3 Å². The van der Waals surface area contributed by atoms with E-state index in [-0.39, 0.29) is 0 Å². The SMILES string of the molecule is CC(C)c1nc(C2CC2)sc1-c1csc(N)n1. The van der Waals surface area contributed by atoms with E-state index in [2.05, 4.69) is 18.8 Å². The monoisotopic (exact) mass is 265 g/mol. The largest absolute Gasteiger partial charge is 0.375 e. The zero-order chi connectivity index (χ0) is 12.0. The molecule has 0 atom stereocenters. The number of hydrogen-bond acceptors (Lipinski definition) is 5. The number of rotatable bonds is 3. The van der Waals surface area contributed by atoms with Crippen LogP contribution in [0.15, 0.2) is 5.38 Å². The van der Waals surface area contributed by atoms with E-state index >= 15 is 0 Å². The van der Waals surface area contributed by atoms with Crippen LogP contribution in [0.2, 0.25) is 0 Å². The van der Waals surface area contributed by atoms with E-state index in [4.69, 9.17) is 10.7 Å². The van der Waals surface area contributed by atoms with Crippen molar-refractivity contribution in [1.29, 1.82) is 0 Å². The highest BCUT2D eigenvalue weighted by molar-refractivity contribution is 7.16. The van der Waals surface area contributed by atoms with Crippen molar-refractivity contribution >= 4 is 27.8 Å². The van der Waals surface area contributed by atoms with Gasteiger partial charge in [0.25, 0.3) is 0 Å². The molecule has 0 aliphatic heterocycles. The Bertz CT molecular complexity index is 538. The lowest BCUT2D eigenvalue weighted by Crippen LogP contribution is -1.91. The zero-order valence-electron chi connectivity index (χ0n) is 9.93. The molecular weight excluding hydrogens is 250 g/mol. The second-order valence-corrected chi connectivity index (χ2v) is 6.69. The third kappa shape index (κ3) is 2.09. The van der Waals surface area contributed by atoms with Crippen LogP contribution in [0.4, 0.5) is 5.13 Å². The lowest BCUT2D eigenvalue weighted by Gasteiger charge is -2.02. The minimum Gasteiger partial charge on any atom is -0.375 e. The molecule has 2 N–H and O–H groups in total. The summed E-state index contributed by atoms with van der Waals surface area (Å²) in [4.78, 5) is 10.4. The maximum atomic E-state index is 5.71. The molecule has 90 valence electrons. The van der Waals surface area contributed by atoms with Crippen molar-refractivity contribution in [3.8, 4) is 10.6 Å². The molecule has 0 bridgehead atoms. The third-order valence-electron chi connectivity index (χ3n) is 2.90. The summed E-state index contributed by atoms with van der Waals surface area (Å²) in [7, 11) is 0. The molecule has 0 radical (unpaired) electrons. The normalized spacial score (nSPS) is 15.7. The second-order valence-electron chi connectivity index (χ2n) is 4.77. The van der Waals surface area contributed by atoms with Crippen molar-refractivity contribution in [2.24, 2.45) is 0 Å². The molecule has 5 heteroatoms. The summed E-state index contributed by atoms with van der Waals surface area (Å²) in [5, 5.41) is 3.96. The summed E-state index contributed by atoms with van der Waals surface area (Å²) in [6.45, 7) is 4.37. The number of hydrogen-bond donors (Lipinski definition) is 1. The molecule has 0 amide bonds. The van der Waals surface area contributed by atoms with Crippen LogP contribution in [0.5, 0.6) is 0 Å². The van der Waals surface area contributed by atoms with Crippen molar-refractivity contribution in [3.05, 3.63) is 16.1 Å². The summed E-state index contributed by atoms with van der Waals surface area (Å²) in [5.41, 5.74) is 7.90. The van der Waals surface area contributed by atoms with E-state index in [9.17, 15) is 0 Å². The van der Waals surface area contributed by atoms with Gasteiger partial charge in [-0.15, -0.1) is 22.7 Å². The van der Waals surface area contributed by atoms with Gasteiger partial charge in [-0.05, 0) is 18.8 Å². The lowest BCUT2D eigenvalue weighted by atomic mass is 10.1. The molecule has 2 aromatic rings. The van der Waals surface area contributed by atoms with Gasteiger partial charge in [0.15, 0.2) is 5.13 Å². The van der Waals surface area contributed by atoms with Gasteiger partial charge in [0.05, 0.1) is 21.3 Å². The van der Waals surface area contributed by atoms with Crippen LogP contribution in [0.3, 0.4) is 0 Å². The maximum Gasteiger partial charge on any atom is 0.180 e. The molecule has 0 aromatic carbocycles. The molecule has 0 spiro atoms. The van der Waals surface area contributed by atoms with Crippen LogP contribution in [0.25, 0.3) is 10.6 Å². The van der Waals surface area contributed by atoms with Crippen molar-refractivity contribution in [1.82, 2.24) is 9.97 Å². The van der Waals surface area contributed by atoms with Crippen LogP contribution in [-0.4, -0.2) is 9.97 Å². The molecule has 1 aliphatic carbocycles. The Morgan fingerprint density at radius 2 is 2.12 bits per heavy atom. The first-order valence-electron chi connectivity index (χ1n) is 5.87. The Labute approximate surface area is 109 Å². The maximum absolute atomic E-state index is 5.71. The third-order valence-corrected chi connectivity index (χ3v) is 4.83. The molecule has 3 nitrogen and oxygen atoms in total. The Hall–Kier alpha value is -0.940. The van der Waals surface area contributed by atoms with E-state index in [0.717, 1.165) is 5.69 Å². The first-order chi connectivity index (χ1) is 8.15. The minimum atomic E-state index is 0.441. The summed E-state index contributed by atoms with van der Waals surface area (Å²) in [6, 6.07) is 0. The lowest BCUT2D eigenvalue weighted by molar-refractivity contribution is 0.824. The predicted molar refractivity (Wildman–Crippen MR) is 73.7 cm³/mol. The van der Waals surface area contributed by atoms with Gasteiger partial charge in [-0.25, -0.2) is 9.97 Å². The number of nitrogens with two attached hydrogens (primary N) is 1. The number of thiazole rings is 2. The van der Waals surface area contributed by atoms with Gasteiger partial charge in [-0.1, -0.05) is 13.8 Å². The van der Waals surface area contributed by atoms with E-state index < -0.39 is 0 Å². The van der Waals surface area contributed by atoms with Gasteiger partial charge in [0.1, 0.15) is 0 Å². The van der Waals surface area contributed by atoms with Crippen molar-refractivity contribution in [2.45, 2.75) is 38.5 Å². The topological polar surface area (TPSA) is 51.8 Å². The number of anilines is 1. The van der Waals surface area contributed by atoms with Crippen molar-refractivity contribution in [2.75, 3.05) is 5.73 Å². The molecule has 17 heavy (non-hydrogen) atoms. The average Bonchev–Trinajstić information content (AvgIpc) is 2.88. The zero-order valence-corrected chi connectivity index (χ0v) is 11.6. The van der Waals surface area contributed by atoms with Crippen LogP contribution in [0, 0.1) is 0 Å². The molecule has 0 saturated heterocycles. The molecule has 1 saturated carbocycles. The molecule has 2 aromatic heterocycles. The fraction of sp³-hybridized carbons (Fsp3) is 0.500. The number of aromatic nitrogens is 2. The second kappa shape index (κ2) is 4.07. The Balaban J connectivity index is 2.07. The fourth-order valence-corrected chi connectivity index (χ4v) is 3.80.